The third-order valence-corrected chi connectivity index (χ3v) is 5.50. The maximum Gasteiger partial charge on any atom is 0.337 e. The number of methoxy groups -OCH3 is 1. The Kier molecular flexibility index (Phi) is 3.79. The summed E-state index contributed by atoms with van der Waals surface area (Å²) in [5, 5.41) is 0. The largest absolute Gasteiger partial charge is 0.465 e. The van der Waals surface area contributed by atoms with E-state index in [0.29, 0.717) is 12.0 Å². The van der Waals surface area contributed by atoms with Gasteiger partial charge < -0.3 is 9.64 Å². The van der Waals surface area contributed by atoms with Crippen molar-refractivity contribution in [2.75, 3.05) is 18.6 Å². The second kappa shape index (κ2) is 5.99. The molecule has 2 heterocycles. The van der Waals surface area contributed by atoms with Crippen molar-refractivity contribution in [3.05, 3.63) is 59.4 Å². The summed E-state index contributed by atoms with van der Waals surface area (Å²) in [6.45, 7) is 0.719. The third-order valence-electron chi connectivity index (χ3n) is 5.50. The van der Waals surface area contributed by atoms with E-state index in [4.69, 9.17) is 4.74 Å². The molecule has 1 spiro atoms. The Hall–Kier alpha value is -2.69. The number of hydrogen-bond donors (Lipinski definition) is 0. The van der Waals surface area contributed by atoms with Crippen LogP contribution in [-0.2, 0) is 22.4 Å². The molecule has 0 radical (unpaired) electrons. The molecule has 0 N–H and O–H groups in total. The van der Waals surface area contributed by atoms with E-state index in [1.54, 1.807) is 18.5 Å². The molecule has 1 unspecified atom stereocenters. The zero-order valence-electron chi connectivity index (χ0n) is 14.2. The van der Waals surface area contributed by atoms with E-state index in [0.717, 1.165) is 37.1 Å². The molecular formula is C20H20N2O3. The van der Waals surface area contributed by atoms with Gasteiger partial charge in [0.15, 0.2) is 0 Å². The minimum atomic E-state index is -0.364. The predicted molar refractivity (Wildman–Crippen MR) is 93.4 cm³/mol. The summed E-state index contributed by atoms with van der Waals surface area (Å²) in [7, 11) is 1.38. The first kappa shape index (κ1) is 15.8. The number of carbonyl (C=O) groups is 2. The number of pyridine rings is 1. The van der Waals surface area contributed by atoms with Crippen LogP contribution in [0.15, 0.2) is 42.7 Å². The first-order valence-electron chi connectivity index (χ1n) is 8.55. The van der Waals surface area contributed by atoms with E-state index < -0.39 is 0 Å². The van der Waals surface area contributed by atoms with Crippen LogP contribution in [0.5, 0.6) is 0 Å². The van der Waals surface area contributed by atoms with Crippen LogP contribution < -0.4 is 4.90 Å². The zero-order valence-corrected chi connectivity index (χ0v) is 14.2. The van der Waals surface area contributed by atoms with Gasteiger partial charge in [-0.05, 0) is 61.1 Å². The van der Waals surface area contributed by atoms with Crippen LogP contribution in [0.1, 0.15) is 34.3 Å². The average molecular weight is 336 g/mol. The van der Waals surface area contributed by atoms with Gasteiger partial charge in [-0.2, -0.15) is 0 Å². The maximum absolute atomic E-state index is 13.2. The highest BCUT2D eigenvalue weighted by atomic mass is 16.5. The highest BCUT2D eigenvalue weighted by molar-refractivity contribution is 6.00. The molecule has 1 aliphatic carbocycles. The highest BCUT2D eigenvalue weighted by Crippen LogP contribution is 2.45. The standard InChI is InChI=1S/C20H20N2O3/c1-25-18(23)15-5-4-14-6-7-20(12-16(14)11-15)8-10-22(19(20)24)17-3-2-9-21-13-17/h2-5,9,11,13H,6-8,10,12H2,1H3. The lowest BCUT2D eigenvalue weighted by Gasteiger charge is -2.33. The Balaban J connectivity index is 1.63. The van der Waals surface area contributed by atoms with Gasteiger partial charge in [-0.1, -0.05) is 6.07 Å². The van der Waals surface area contributed by atoms with Crippen molar-refractivity contribution in [1.82, 2.24) is 4.98 Å². The highest BCUT2D eigenvalue weighted by Gasteiger charge is 2.48. The molecule has 1 fully saturated rings. The van der Waals surface area contributed by atoms with Gasteiger partial charge in [0.2, 0.25) is 5.91 Å². The number of rotatable bonds is 2. The van der Waals surface area contributed by atoms with Crippen molar-refractivity contribution in [3.8, 4) is 0 Å². The van der Waals surface area contributed by atoms with E-state index in [2.05, 4.69) is 4.98 Å². The topological polar surface area (TPSA) is 59.5 Å². The monoisotopic (exact) mass is 336 g/mol. The van der Waals surface area contributed by atoms with Crippen molar-refractivity contribution in [1.29, 1.82) is 0 Å². The molecule has 1 atom stereocenters. The number of ether oxygens (including phenoxy) is 1. The molecule has 0 bridgehead atoms. The summed E-state index contributed by atoms with van der Waals surface area (Å²) in [5.41, 5.74) is 3.37. The number of carbonyl (C=O) groups excluding carboxylic acids is 2. The number of hydrogen-bond acceptors (Lipinski definition) is 4. The molecule has 128 valence electrons. The molecule has 2 aromatic rings. The van der Waals surface area contributed by atoms with Crippen LogP contribution in [0.4, 0.5) is 5.69 Å². The lowest BCUT2D eigenvalue weighted by Crippen LogP contribution is -2.38. The first-order chi connectivity index (χ1) is 12.1. The van der Waals surface area contributed by atoms with Crippen LogP contribution in [0, 0.1) is 5.41 Å². The normalized spacial score (nSPS) is 22.1. The molecule has 1 aliphatic heterocycles. The minimum absolute atomic E-state index is 0.176. The van der Waals surface area contributed by atoms with Crippen molar-refractivity contribution in [3.63, 3.8) is 0 Å². The SMILES string of the molecule is COC(=O)c1ccc2c(c1)CC1(CC2)CCN(c2cccnc2)C1=O. The number of nitrogens with zero attached hydrogens (tertiary/aromatic N) is 2. The predicted octanol–water partition coefficient (Wildman–Crippen LogP) is 2.78. The Morgan fingerprint density at radius 1 is 1.24 bits per heavy atom. The molecule has 2 aliphatic rings. The Morgan fingerprint density at radius 3 is 2.88 bits per heavy atom. The van der Waals surface area contributed by atoms with E-state index in [1.807, 2.05) is 29.2 Å². The van der Waals surface area contributed by atoms with Crippen molar-refractivity contribution in [2.24, 2.45) is 5.41 Å². The van der Waals surface area contributed by atoms with Crippen molar-refractivity contribution in [2.45, 2.75) is 25.7 Å². The molecule has 5 nitrogen and oxygen atoms in total. The summed E-state index contributed by atoms with van der Waals surface area (Å²) >= 11 is 0. The molecule has 0 saturated carbocycles. The number of aromatic nitrogens is 1. The summed E-state index contributed by atoms with van der Waals surface area (Å²) < 4.78 is 4.82. The van der Waals surface area contributed by atoms with E-state index >= 15 is 0 Å². The molecule has 4 rings (SSSR count). The summed E-state index contributed by atoms with van der Waals surface area (Å²) in [5.74, 6) is -0.160. The molecule has 5 heteroatoms. The number of fused-ring (bicyclic) bond motifs is 1. The van der Waals surface area contributed by atoms with Gasteiger partial charge in [0, 0.05) is 12.7 Å². The lowest BCUT2D eigenvalue weighted by atomic mass is 9.70. The van der Waals surface area contributed by atoms with Crippen LogP contribution in [0.25, 0.3) is 0 Å². The number of amides is 1. The van der Waals surface area contributed by atoms with Gasteiger partial charge >= 0.3 is 5.97 Å². The number of esters is 1. The molecule has 1 aromatic heterocycles. The van der Waals surface area contributed by atoms with Gasteiger partial charge in [-0.25, -0.2) is 4.79 Å². The number of anilines is 1. The van der Waals surface area contributed by atoms with Crippen LogP contribution in [0.3, 0.4) is 0 Å². The van der Waals surface area contributed by atoms with Gasteiger partial charge in [0.05, 0.1) is 30.0 Å². The molecule has 1 amide bonds. The summed E-state index contributed by atoms with van der Waals surface area (Å²) in [6.07, 6.45) is 6.69. The van der Waals surface area contributed by atoms with Crippen LogP contribution in [0.2, 0.25) is 0 Å². The first-order valence-corrected chi connectivity index (χ1v) is 8.55. The van der Waals surface area contributed by atoms with E-state index in [9.17, 15) is 9.59 Å². The Bertz CT molecular complexity index is 834. The average Bonchev–Trinajstić information content (AvgIpc) is 2.97. The van der Waals surface area contributed by atoms with Crippen LogP contribution >= 0.6 is 0 Å². The molecule has 1 saturated heterocycles. The lowest BCUT2D eigenvalue weighted by molar-refractivity contribution is -0.126. The molecule has 1 aromatic carbocycles. The second-order valence-electron chi connectivity index (χ2n) is 6.85. The molecule has 25 heavy (non-hydrogen) atoms. The smallest absolute Gasteiger partial charge is 0.337 e. The summed E-state index contributed by atoms with van der Waals surface area (Å²) in [4.78, 5) is 31.0. The quantitative estimate of drug-likeness (QED) is 0.791. The number of benzene rings is 1. The van der Waals surface area contributed by atoms with Crippen LogP contribution in [-0.4, -0.2) is 30.5 Å². The number of aryl methyl sites for hydroxylation is 1. The Morgan fingerprint density at radius 2 is 2.12 bits per heavy atom. The fourth-order valence-electron chi connectivity index (χ4n) is 4.08. The summed E-state index contributed by atoms with van der Waals surface area (Å²) in [6, 6.07) is 9.47. The maximum atomic E-state index is 13.2. The van der Waals surface area contributed by atoms with Crippen molar-refractivity contribution < 1.29 is 14.3 Å². The van der Waals surface area contributed by atoms with Gasteiger partial charge in [-0.3, -0.25) is 9.78 Å². The minimum Gasteiger partial charge on any atom is -0.465 e. The van der Waals surface area contributed by atoms with E-state index in [-0.39, 0.29) is 17.3 Å². The zero-order chi connectivity index (χ0) is 17.4. The van der Waals surface area contributed by atoms with Gasteiger partial charge in [0.1, 0.15) is 0 Å². The van der Waals surface area contributed by atoms with Gasteiger partial charge in [-0.15, -0.1) is 0 Å². The Labute approximate surface area is 146 Å². The second-order valence-corrected chi connectivity index (χ2v) is 6.85. The van der Waals surface area contributed by atoms with Crippen molar-refractivity contribution >= 4 is 17.6 Å². The fourth-order valence-corrected chi connectivity index (χ4v) is 4.08. The fraction of sp³-hybridized carbons (Fsp3) is 0.350. The molecular weight excluding hydrogens is 316 g/mol. The van der Waals surface area contributed by atoms with E-state index in [1.165, 1.54) is 12.7 Å². The third kappa shape index (κ3) is 2.60. The van der Waals surface area contributed by atoms with Gasteiger partial charge in [0.25, 0.3) is 0 Å².